The number of nitrogens with zero attached hydrogens (tertiary/aromatic N) is 3. The molecule has 4 aromatic rings. The van der Waals surface area contributed by atoms with E-state index in [1.54, 1.807) is 12.1 Å². The normalized spacial score (nSPS) is 16.3. The monoisotopic (exact) mass is 1330 g/mol. The van der Waals surface area contributed by atoms with Crippen LogP contribution in [-0.4, -0.2) is 98.6 Å². The molecule has 3 aliphatic rings. The molecule has 0 amide bonds. The molecule has 31 heteroatoms. The van der Waals surface area contributed by atoms with Gasteiger partial charge in [0.2, 0.25) is 5.69 Å². The summed E-state index contributed by atoms with van der Waals surface area (Å²) in [6, 6.07) is 19.1. The zero-order valence-corrected chi connectivity index (χ0v) is 64.1. The number of allylic oxidation sites excluding steroid dienone is 7. The maximum atomic E-state index is 12.1. The van der Waals surface area contributed by atoms with E-state index in [4.69, 9.17) is 4.74 Å². The number of ether oxygens (including phenoxy) is 1. The molecule has 0 unspecified atom stereocenters. The van der Waals surface area contributed by atoms with Gasteiger partial charge < -0.3 is 48.6 Å². The van der Waals surface area contributed by atoms with Gasteiger partial charge in [0, 0.05) is 114 Å². The number of fused-ring (bicyclic) bond motifs is 4. The number of carbonyl (C=O) groups excluding carboxylic acids is 1. The molecule has 1 aliphatic carbocycles. The Kier molecular flexibility index (Phi) is 35.3. The fourth-order valence-corrected chi connectivity index (χ4v) is 13.0. The van der Waals surface area contributed by atoms with Crippen LogP contribution in [0.4, 0.5) is 17.1 Å². The Morgan fingerprint density at radius 2 is 1.34 bits per heavy atom. The second-order valence-electron chi connectivity index (χ2n) is 20.7. The van der Waals surface area contributed by atoms with Crippen LogP contribution < -0.4 is 178 Å². The average Bonchev–Trinajstić information content (AvgIpc) is 1.58. The number of hydrogen-bond donors (Lipinski definition) is 0. The molecule has 2 heterocycles. The first kappa shape index (κ1) is 81.9. The second kappa shape index (κ2) is 37.1. The summed E-state index contributed by atoms with van der Waals surface area (Å²) in [5.41, 5.74) is 6.03. The Morgan fingerprint density at radius 1 is 0.709 bits per heavy atom. The van der Waals surface area contributed by atoms with E-state index in [0.717, 1.165) is 80.2 Å². The Bertz CT molecular complexity index is 3460. The fourth-order valence-electron chi connectivity index (χ4n) is 10.8. The standard InChI is InChI=1S/C55H67N3O18S5.5Na/c1-54(2)46-37-41(56(29-9-33-77-75-73-61)30-10-34-78-76-74-62)18-26-47(46)57(32-11-35-79(63,64)65)49(54)27-16-38-12-8-13-39(53(38)72-42-19-21-43(22-20-42)80(66,67)68)17-28-50-55(3,4)52-45-24-23-44(81(69,70)71)36-40(45)15-25-48(52)58(50)31-7-5-6-14-51(59)60;;;;;/h15-28,36-37H,5-14,29-35H2,1-4H3,(H5-,59,60,61,62,63,64,65,66,67,68,69,70,71);;;;;/q;5*+1/p-5. The van der Waals surface area contributed by atoms with Crippen molar-refractivity contribution in [3.8, 4) is 5.75 Å². The third kappa shape index (κ3) is 22.0. The fraction of sp³-hybridized carbons (Fsp3) is 0.418. The van der Waals surface area contributed by atoms with Crippen molar-refractivity contribution in [3.05, 3.63) is 131 Å². The third-order valence-corrected chi connectivity index (χ3v) is 18.2. The molecule has 0 spiro atoms. The van der Waals surface area contributed by atoms with Gasteiger partial charge in [-0.05, 0) is 172 Å². The van der Waals surface area contributed by atoms with Gasteiger partial charge in [0.05, 0.1) is 25.3 Å². The minimum atomic E-state index is -4.78. The summed E-state index contributed by atoms with van der Waals surface area (Å²) in [5.74, 6) is -0.134. The van der Waals surface area contributed by atoms with Crippen LogP contribution in [0.5, 0.6) is 5.75 Å². The van der Waals surface area contributed by atoms with Crippen LogP contribution >= 0.6 is 24.1 Å². The number of benzene rings is 4. The molecule has 0 N–H and O–H groups in total. The molecule has 86 heavy (non-hydrogen) atoms. The van der Waals surface area contributed by atoms with Crippen LogP contribution in [0.1, 0.15) is 103 Å². The van der Waals surface area contributed by atoms with Gasteiger partial charge in [0.1, 0.15) is 38.3 Å². The number of unbranched alkanes of at least 4 members (excludes halogenated alkanes) is 2. The van der Waals surface area contributed by atoms with Crippen molar-refractivity contribution in [2.45, 2.75) is 113 Å². The Hall–Kier alpha value is -0.170. The molecule has 0 atom stereocenters. The second-order valence-corrected chi connectivity index (χ2v) is 26.5. The molecule has 0 aromatic heterocycles. The predicted molar refractivity (Wildman–Crippen MR) is 296 cm³/mol. The summed E-state index contributed by atoms with van der Waals surface area (Å²) < 4.78 is 126. The minimum absolute atomic E-state index is 0. The van der Waals surface area contributed by atoms with Crippen molar-refractivity contribution in [2.24, 2.45) is 0 Å². The summed E-state index contributed by atoms with van der Waals surface area (Å²) in [6.07, 6.45) is 12.4. The SMILES string of the molecule is CC1(C)C(/C=C/C2=C(Oc3ccc(S(=O)(=O)[O-])cc3)C(=C/C=C3/N(CCCS(=O)(=O)[O-])c4ccc(N(CCCSOO[O-])CCCSOO[O-])cc4C3(C)C)/CCC2)=[N+](CCCCCC(=O)[O-])c2ccc3cc(S(=O)(=O)[O-])ccc3c21.[Na+].[Na+].[Na+].[Na+].[Na+]. The van der Waals surface area contributed by atoms with Crippen LogP contribution in [0.2, 0.25) is 0 Å². The van der Waals surface area contributed by atoms with E-state index >= 15 is 0 Å². The van der Waals surface area contributed by atoms with Crippen LogP contribution in [-0.2, 0) is 64.7 Å². The van der Waals surface area contributed by atoms with E-state index in [9.17, 15) is 59.3 Å². The van der Waals surface area contributed by atoms with Gasteiger partial charge in [-0.2, -0.15) is 13.2 Å². The number of rotatable bonds is 30. The van der Waals surface area contributed by atoms with Crippen molar-refractivity contribution in [2.75, 3.05) is 53.2 Å². The van der Waals surface area contributed by atoms with Crippen molar-refractivity contribution in [1.82, 2.24) is 0 Å². The van der Waals surface area contributed by atoms with Gasteiger partial charge in [-0.25, -0.2) is 25.3 Å². The summed E-state index contributed by atoms with van der Waals surface area (Å²) in [5, 5.41) is 40.4. The minimum Gasteiger partial charge on any atom is -0.748 e. The summed E-state index contributed by atoms with van der Waals surface area (Å²) in [6.45, 7) is 9.93. The zero-order valence-electron chi connectivity index (χ0n) is 50.0. The molecular formula is C55H62N3Na5O18S5. The molecule has 0 bridgehead atoms. The predicted octanol–water partition coefficient (Wildman–Crippen LogP) is -8.70. The van der Waals surface area contributed by atoms with E-state index in [1.807, 2.05) is 75.1 Å². The number of anilines is 2. The van der Waals surface area contributed by atoms with Crippen molar-refractivity contribution in [3.63, 3.8) is 0 Å². The average molecular weight is 1330 g/mol. The van der Waals surface area contributed by atoms with Gasteiger partial charge >= 0.3 is 148 Å². The van der Waals surface area contributed by atoms with Crippen LogP contribution in [0.25, 0.3) is 10.8 Å². The van der Waals surface area contributed by atoms with Gasteiger partial charge in [0.15, 0.2) is 5.71 Å². The van der Waals surface area contributed by atoms with Crippen LogP contribution in [0, 0.1) is 0 Å². The Morgan fingerprint density at radius 3 is 1.93 bits per heavy atom. The van der Waals surface area contributed by atoms with Gasteiger partial charge in [-0.3, -0.25) is 10.1 Å². The van der Waals surface area contributed by atoms with E-state index in [1.165, 1.54) is 36.4 Å². The molecule has 0 fully saturated rings. The zero-order chi connectivity index (χ0) is 58.8. The molecule has 0 saturated heterocycles. The molecule has 21 nitrogen and oxygen atoms in total. The summed E-state index contributed by atoms with van der Waals surface area (Å²) in [4.78, 5) is 14.6. The third-order valence-electron chi connectivity index (χ3n) is 14.5. The largest absolute Gasteiger partial charge is 1.00 e. The van der Waals surface area contributed by atoms with E-state index in [0.29, 0.717) is 93.7 Å². The topological polar surface area (TPSA) is 313 Å². The first-order chi connectivity index (χ1) is 38.3. The van der Waals surface area contributed by atoms with Crippen LogP contribution in [0.15, 0.2) is 129 Å². The Labute approximate surface area is 623 Å². The molecule has 0 radical (unpaired) electrons. The maximum Gasteiger partial charge on any atom is 1.00 e. The number of carboxylic acids is 1. The number of hydrogen-bond acceptors (Lipinski definition) is 22. The molecular weight excluding hydrogens is 1270 g/mol. The molecule has 7 rings (SSSR count). The van der Waals surface area contributed by atoms with Crippen LogP contribution in [0.3, 0.4) is 0 Å². The van der Waals surface area contributed by atoms with Gasteiger partial charge in [-0.1, -0.05) is 26.0 Å². The number of carboxylic acid groups (broad SMARTS) is 1. The number of aliphatic carboxylic acids is 1. The first-order valence-electron chi connectivity index (χ1n) is 26.1. The van der Waals surface area contributed by atoms with Crippen molar-refractivity contribution in [1.29, 1.82) is 0 Å². The van der Waals surface area contributed by atoms with E-state index in [-0.39, 0.29) is 178 Å². The summed E-state index contributed by atoms with van der Waals surface area (Å²) in [7, 11) is -14.1. The molecule has 2 aliphatic heterocycles. The van der Waals surface area contributed by atoms with Crippen molar-refractivity contribution < 1.29 is 235 Å². The number of carbonyl (C=O) groups is 1. The summed E-state index contributed by atoms with van der Waals surface area (Å²) >= 11 is 1.75. The quantitative estimate of drug-likeness (QED) is 0.00890. The maximum absolute atomic E-state index is 12.1. The van der Waals surface area contributed by atoms with Crippen molar-refractivity contribution >= 4 is 94.0 Å². The molecule has 440 valence electrons. The first-order valence-corrected chi connectivity index (χ1v) is 32.3. The Balaban J connectivity index is 0.00000505. The molecule has 4 aromatic carbocycles. The van der Waals surface area contributed by atoms with E-state index in [2.05, 4.69) is 34.3 Å². The van der Waals surface area contributed by atoms with E-state index < -0.39 is 57.8 Å². The smallest absolute Gasteiger partial charge is 0.748 e. The van der Waals surface area contributed by atoms with Gasteiger partial charge in [-0.15, -0.1) is 0 Å². The van der Waals surface area contributed by atoms with Gasteiger partial charge in [0.25, 0.3) is 0 Å². The molecule has 0 saturated carbocycles.